The highest BCUT2D eigenvalue weighted by molar-refractivity contribution is 6.33. The Morgan fingerprint density at radius 1 is 1.04 bits per heavy atom. The summed E-state index contributed by atoms with van der Waals surface area (Å²) in [7, 11) is 0. The van der Waals surface area contributed by atoms with Crippen LogP contribution in [0.1, 0.15) is 28.7 Å². The summed E-state index contributed by atoms with van der Waals surface area (Å²) in [5, 5.41) is 2.28. The molecule has 3 aromatic rings. The third kappa shape index (κ3) is 2.83. The number of hydrogen-bond donors (Lipinski definition) is 1. The minimum atomic E-state index is -0.224. The van der Waals surface area contributed by atoms with E-state index in [4.69, 9.17) is 32.4 Å². The highest BCUT2D eigenvalue weighted by Crippen LogP contribution is 2.39. The Morgan fingerprint density at radius 2 is 1.85 bits per heavy atom. The van der Waals surface area contributed by atoms with Gasteiger partial charge in [-0.2, -0.15) is 0 Å². The molecule has 2 heterocycles. The number of fused-ring (bicyclic) bond motifs is 5. The van der Waals surface area contributed by atoms with Gasteiger partial charge in [0.25, 0.3) is 0 Å². The molecule has 0 bridgehead atoms. The summed E-state index contributed by atoms with van der Waals surface area (Å²) in [6.45, 7) is 1.88. The van der Waals surface area contributed by atoms with Crippen molar-refractivity contribution < 1.29 is 14.1 Å². The van der Waals surface area contributed by atoms with Crippen LogP contribution in [0, 0.1) is 0 Å². The van der Waals surface area contributed by atoms with Crippen molar-refractivity contribution in [3.05, 3.63) is 73.1 Å². The van der Waals surface area contributed by atoms with Crippen molar-refractivity contribution >= 4 is 34.2 Å². The van der Waals surface area contributed by atoms with Gasteiger partial charge < -0.3 is 9.15 Å². The van der Waals surface area contributed by atoms with E-state index in [1.54, 1.807) is 0 Å². The number of rotatable bonds is 2. The zero-order valence-electron chi connectivity index (χ0n) is 14.6. The Kier molecular flexibility index (Phi) is 4.15. The first-order valence-corrected chi connectivity index (χ1v) is 9.87. The van der Waals surface area contributed by atoms with Gasteiger partial charge in [-0.3, -0.25) is 4.90 Å². The van der Waals surface area contributed by atoms with Crippen LogP contribution in [0.3, 0.4) is 0 Å². The molecule has 5 rings (SSSR count). The first kappa shape index (κ1) is 17.1. The highest BCUT2D eigenvalue weighted by atomic mass is 35.5. The predicted molar refractivity (Wildman–Crippen MR) is 105 cm³/mol. The SMILES string of the molecule is O=c1oc2c3c(c(Cl)cc2c2c1CCC2)OC[NH+](Cc1ccccc1Cl)C3. The first-order chi connectivity index (χ1) is 13.1. The van der Waals surface area contributed by atoms with Crippen LogP contribution in [0.25, 0.3) is 11.0 Å². The molecule has 1 atom stereocenters. The lowest BCUT2D eigenvalue weighted by Crippen LogP contribution is -3.10. The molecule has 0 fully saturated rings. The minimum Gasteiger partial charge on any atom is -0.443 e. The van der Waals surface area contributed by atoms with Crippen LogP contribution in [0.15, 0.2) is 39.5 Å². The third-order valence-corrected chi connectivity index (χ3v) is 6.16. The van der Waals surface area contributed by atoms with E-state index >= 15 is 0 Å². The van der Waals surface area contributed by atoms with E-state index in [0.717, 1.165) is 58.5 Å². The van der Waals surface area contributed by atoms with Crippen LogP contribution < -0.4 is 15.3 Å². The molecule has 4 nitrogen and oxygen atoms in total. The lowest BCUT2D eigenvalue weighted by atomic mass is 10.0. The van der Waals surface area contributed by atoms with E-state index < -0.39 is 0 Å². The number of hydrogen-bond acceptors (Lipinski definition) is 3. The van der Waals surface area contributed by atoms with E-state index in [2.05, 4.69) is 0 Å². The molecule has 0 saturated carbocycles. The van der Waals surface area contributed by atoms with Crippen LogP contribution in [0.5, 0.6) is 5.75 Å². The normalized spacial score (nSPS) is 18.2. The molecule has 0 spiro atoms. The summed E-state index contributed by atoms with van der Waals surface area (Å²) in [6, 6.07) is 9.71. The Hall–Kier alpha value is -2.01. The third-order valence-electron chi connectivity index (χ3n) is 5.51. The average Bonchev–Trinajstić information content (AvgIpc) is 3.16. The zero-order chi connectivity index (χ0) is 18.5. The van der Waals surface area contributed by atoms with Gasteiger partial charge >= 0.3 is 5.63 Å². The maximum Gasteiger partial charge on any atom is 0.339 e. The van der Waals surface area contributed by atoms with Crippen LogP contribution >= 0.6 is 23.2 Å². The summed E-state index contributed by atoms with van der Waals surface area (Å²) in [4.78, 5) is 13.6. The zero-order valence-corrected chi connectivity index (χ0v) is 16.1. The van der Waals surface area contributed by atoms with Crippen molar-refractivity contribution in [1.29, 1.82) is 0 Å². The number of benzene rings is 2. The van der Waals surface area contributed by atoms with Gasteiger partial charge in [-0.05, 0) is 37.0 Å². The predicted octanol–water partition coefficient (Wildman–Crippen LogP) is 3.52. The van der Waals surface area contributed by atoms with Gasteiger partial charge in [-0.1, -0.05) is 41.4 Å². The molecule has 0 radical (unpaired) electrons. The molecule has 2 aliphatic rings. The standard InChI is InChI=1S/C21H17Cl2NO3/c22-17-7-2-1-4-12(17)9-24-10-16-19-15(8-18(23)20(16)26-11-24)13-5-3-6-14(13)21(25)27-19/h1-2,4,7-8H,3,5-6,9-11H2/p+1. The van der Waals surface area contributed by atoms with Crippen molar-refractivity contribution in [1.82, 2.24) is 0 Å². The van der Waals surface area contributed by atoms with Gasteiger partial charge in [0.05, 0.1) is 10.6 Å². The fourth-order valence-electron chi connectivity index (χ4n) is 4.25. The molecular formula is C21H18Cl2NO3+. The van der Waals surface area contributed by atoms with E-state index in [-0.39, 0.29) is 5.63 Å². The molecular weight excluding hydrogens is 385 g/mol. The van der Waals surface area contributed by atoms with E-state index in [9.17, 15) is 4.79 Å². The summed E-state index contributed by atoms with van der Waals surface area (Å²) >= 11 is 12.8. The minimum absolute atomic E-state index is 0.224. The molecule has 1 aliphatic carbocycles. The summed E-state index contributed by atoms with van der Waals surface area (Å²) < 4.78 is 11.7. The molecule has 27 heavy (non-hydrogen) atoms. The number of nitrogens with one attached hydrogen (secondary N) is 1. The molecule has 0 saturated heterocycles. The highest BCUT2D eigenvalue weighted by Gasteiger charge is 2.30. The molecule has 2 aromatic carbocycles. The fourth-order valence-corrected chi connectivity index (χ4v) is 4.73. The van der Waals surface area contributed by atoms with Crippen molar-refractivity contribution in [2.24, 2.45) is 0 Å². The number of aryl methyl sites for hydroxylation is 1. The Morgan fingerprint density at radius 3 is 2.70 bits per heavy atom. The van der Waals surface area contributed by atoms with Crippen LogP contribution in [0.4, 0.5) is 0 Å². The number of quaternary nitrogens is 1. The van der Waals surface area contributed by atoms with E-state index in [0.29, 0.717) is 29.6 Å². The molecule has 1 N–H and O–H groups in total. The van der Waals surface area contributed by atoms with Crippen molar-refractivity contribution in [2.75, 3.05) is 6.73 Å². The van der Waals surface area contributed by atoms with E-state index in [1.165, 1.54) is 4.90 Å². The number of halogens is 2. The molecule has 1 aromatic heterocycles. The first-order valence-electron chi connectivity index (χ1n) is 9.11. The van der Waals surface area contributed by atoms with Crippen LogP contribution in [-0.4, -0.2) is 6.73 Å². The van der Waals surface area contributed by atoms with Gasteiger partial charge in [0.15, 0.2) is 11.3 Å². The van der Waals surface area contributed by atoms with Crippen LogP contribution in [-0.2, 0) is 25.9 Å². The number of ether oxygens (including phenoxy) is 1. The van der Waals surface area contributed by atoms with Crippen LogP contribution in [0.2, 0.25) is 10.0 Å². The summed E-state index contributed by atoms with van der Waals surface area (Å²) in [5.74, 6) is 0.633. The second-order valence-corrected chi connectivity index (χ2v) is 8.04. The average molecular weight is 403 g/mol. The maximum atomic E-state index is 12.4. The monoisotopic (exact) mass is 402 g/mol. The lowest BCUT2D eigenvalue weighted by molar-refractivity contribution is -0.945. The van der Waals surface area contributed by atoms with Gasteiger partial charge in [-0.25, -0.2) is 4.79 Å². The van der Waals surface area contributed by atoms with Gasteiger partial charge in [0.2, 0.25) is 6.73 Å². The smallest absolute Gasteiger partial charge is 0.339 e. The Bertz CT molecular complexity index is 1120. The Labute approximate surface area is 166 Å². The van der Waals surface area contributed by atoms with Gasteiger partial charge in [-0.15, -0.1) is 0 Å². The van der Waals surface area contributed by atoms with Gasteiger partial charge in [0.1, 0.15) is 13.1 Å². The fraction of sp³-hybridized carbons (Fsp3) is 0.286. The molecule has 1 aliphatic heterocycles. The maximum absolute atomic E-state index is 12.4. The topological polar surface area (TPSA) is 43.9 Å². The quantitative estimate of drug-likeness (QED) is 0.666. The largest absolute Gasteiger partial charge is 0.443 e. The van der Waals surface area contributed by atoms with Gasteiger partial charge in [0, 0.05) is 21.5 Å². The molecule has 6 heteroatoms. The molecule has 138 valence electrons. The molecule has 0 amide bonds. The molecule has 1 unspecified atom stereocenters. The second-order valence-electron chi connectivity index (χ2n) is 7.23. The second kappa shape index (κ2) is 6.55. The summed E-state index contributed by atoms with van der Waals surface area (Å²) in [6.07, 6.45) is 2.65. The lowest BCUT2D eigenvalue weighted by Gasteiger charge is -2.27. The van der Waals surface area contributed by atoms with Crippen molar-refractivity contribution in [2.45, 2.75) is 32.4 Å². The van der Waals surface area contributed by atoms with E-state index in [1.807, 2.05) is 30.3 Å². The van der Waals surface area contributed by atoms with Crippen molar-refractivity contribution in [3.8, 4) is 5.75 Å². The summed E-state index contributed by atoms with van der Waals surface area (Å²) in [5.41, 5.74) is 4.22. The Balaban J connectivity index is 1.60. The van der Waals surface area contributed by atoms with Crippen molar-refractivity contribution in [3.63, 3.8) is 0 Å².